The molecular formula is C17H18BrFN2O. The standard InChI is InChI=1S/C17H18BrFN2O/c1-11(2)7-12-5-6-20-16(8-12)21-17(22)9-13-3-4-14(18)10-15(13)19/h3-6,8,10-11H,7,9H2,1-2H3,(H,20,21,22). The van der Waals surface area contributed by atoms with E-state index in [0.717, 1.165) is 12.0 Å². The number of pyridine rings is 1. The second-order valence-electron chi connectivity index (χ2n) is 5.61. The van der Waals surface area contributed by atoms with E-state index in [1.54, 1.807) is 18.3 Å². The molecule has 0 fully saturated rings. The average Bonchev–Trinajstić information content (AvgIpc) is 2.41. The number of benzene rings is 1. The van der Waals surface area contributed by atoms with E-state index in [0.29, 0.717) is 21.8 Å². The number of nitrogens with zero attached hydrogens (tertiary/aromatic N) is 1. The van der Waals surface area contributed by atoms with Crippen LogP contribution in [0.2, 0.25) is 0 Å². The number of carbonyl (C=O) groups excluding carboxylic acids is 1. The van der Waals surface area contributed by atoms with Gasteiger partial charge in [-0.3, -0.25) is 4.79 Å². The molecule has 0 aliphatic rings. The zero-order valence-electron chi connectivity index (χ0n) is 12.6. The Morgan fingerprint density at radius 1 is 1.32 bits per heavy atom. The molecule has 2 aromatic rings. The van der Waals surface area contributed by atoms with Crippen LogP contribution in [-0.4, -0.2) is 10.9 Å². The lowest BCUT2D eigenvalue weighted by Crippen LogP contribution is -2.16. The first-order valence-electron chi connectivity index (χ1n) is 7.12. The maximum absolute atomic E-state index is 13.7. The van der Waals surface area contributed by atoms with Crippen molar-refractivity contribution in [3.63, 3.8) is 0 Å². The van der Waals surface area contributed by atoms with E-state index in [1.165, 1.54) is 6.07 Å². The van der Waals surface area contributed by atoms with E-state index in [1.807, 2.05) is 12.1 Å². The summed E-state index contributed by atoms with van der Waals surface area (Å²) in [4.78, 5) is 16.2. The van der Waals surface area contributed by atoms with Crippen molar-refractivity contribution in [3.8, 4) is 0 Å². The zero-order chi connectivity index (χ0) is 16.1. The van der Waals surface area contributed by atoms with Crippen LogP contribution in [0.25, 0.3) is 0 Å². The maximum atomic E-state index is 13.7. The highest BCUT2D eigenvalue weighted by molar-refractivity contribution is 9.10. The molecule has 5 heteroatoms. The smallest absolute Gasteiger partial charge is 0.230 e. The van der Waals surface area contributed by atoms with Gasteiger partial charge < -0.3 is 5.32 Å². The lowest BCUT2D eigenvalue weighted by molar-refractivity contribution is -0.115. The van der Waals surface area contributed by atoms with Gasteiger partial charge in [0.05, 0.1) is 6.42 Å². The highest BCUT2D eigenvalue weighted by Gasteiger charge is 2.10. The summed E-state index contributed by atoms with van der Waals surface area (Å²) in [5.41, 5.74) is 1.48. The van der Waals surface area contributed by atoms with Gasteiger partial charge in [0.15, 0.2) is 0 Å². The molecule has 22 heavy (non-hydrogen) atoms. The van der Waals surface area contributed by atoms with Crippen molar-refractivity contribution in [2.75, 3.05) is 5.32 Å². The first-order chi connectivity index (χ1) is 10.4. The number of hydrogen-bond donors (Lipinski definition) is 1. The Kier molecular flexibility index (Phi) is 5.66. The highest BCUT2D eigenvalue weighted by Crippen LogP contribution is 2.16. The summed E-state index contributed by atoms with van der Waals surface area (Å²) >= 11 is 3.19. The molecule has 0 atom stereocenters. The fraction of sp³-hybridized carbons (Fsp3) is 0.294. The van der Waals surface area contributed by atoms with Gasteiger partial charge >= 0.3 is 0 Å². The van der Waals surface area contributed by atoms with Crippen molar-refractivity contribution < 1.29 is 9.18 Å². The minimum Gasteiger partial charge on any atom is -0.310 e. The van der Waals surface area contributed by atoms with Crippen LogP contribution >= 0.6 is 15.9 Å². The van der Waals surface area contributed by atoms with Crippen LogP contribution in [0.5, 0.6) is 0 Å². The van der Waals surface area contributed by atoms with Gasteiger partial charge in [-0.2, -0.15) is 0 Å². The molecule has 1 aromatic heterocycles. The quantitative estimate of drug-likeness (QED) is 0.855. The fourth-order valence-electron chi connectivity index (χ4n) is 2.17. The van der Waals surface area contributed by atoms with Crippen molar-refractivity contribution in [2.24, 2.45) is 5.92 Å². The SMILES string of the molecule is CC(C)Cc1ccnc(NC(=O)Cc2ccc(Br)cc2F)c1. The number of anilines is 1. The summed E-state index contributed by atoms with van der Waals surface area (Å²) in [6, 6.07) is 8.46. The largest absolute Gasteiger partial charge is 0.310 e. The molecule has 3 nitrogen and oxygen atoms in total. The first-order valence-corrected chi connectivity index (χ1v) is 7.92. The van der Waals surface area contributed by atoms with Crippen molar-refractivity contribution >= 4 is 27.7 Å². The van der Waals surface area contributed by atoms with Gasteiger partial charge in [0.2, 0.25) is 5.91 Å². The minimum absolute atomic E-state index is 0.0186. The number of aromatic nitrogens is 1. The van der Waals surface area contributed by atoms with Gasteiger partial charge in [-0.25, -0.2) is 9.37 Å². The molecular weight excluding hydrogens is 347 g/mol. The molecule has 0 spiro atoms. The van der Waals surface area contributed by atoms with Gasteiger partial charge in [-0.05, 0) is 47.7 Å². The lowest BCUT2D eigenvalue weighted by atomic mass is 10.0. The molecule has 116 valence electrons. The highest BCUT2D eigenvalue weighted by atomic mass is 79.9. The Bertz CT molecular complexity index is 673. The van der Waals surface area contributed by atoms with Crippen LogP contribution < -0.4 is 5.32 Å². The van der Waals surface area contributed by atoms with E-state index < -0.39 is 5.82 Å². The number of carbonyl (C=O) groups is 1. The van der Waals surface area contributed by atoms with Crippen LogP contribution in [0.3, 0.4) is 0 Å². The zero-order valence-corrected chi connectivity index (χ0v) is 14.2. The predicted octanol–water partition coefficient (Wildman–Crippen LogP) is 4.36. The monoisotopic (exact) mass is 364 g/mol. The molecule has 0 saturated heterocycles. The minimum atomic E-state index is -0.397. The molecule has 1 N–H and O–H groups in total. The van der Waals surface area contributed by atoms with Gasteiger partial charge in [0.25, 0.3) is 0 Å². The Morgan fingerprint density at radius 3 is 2.77 bits per heavy atom. The third-order valence-electron chi connectivity index (χ3n) is 3.10. The topological polar surface area (TPSA) is 42.0 Å². The van der Waals surface area contributed by atoms with Crippen LogP contribution in [0.1, 0.15) is 25.0 Å². The molecule has 1 aromatic carbocycles. The second-order valence-corrected chi connectivity index (χ2v) is 6.52. The van der Waals surface area contributed by atoms with Crippen LogP contribution in [-0.2, 0) is 17.6 Å². The number of rotatable bonds is 5. The summed E-state index contributed by atoms with van der Waals surface area (Å²) in [5.74, 6) is 0.352. The third kappa shape index (κ3) is 4.91. The summed E-state index contributed by atoms with van der Waals surface area (Å²) in [5, 5.41) is 2.72. The van der Waals surface area contributed by atoms with E-state index in [4.69, 9.17) is 0 Å². The second kappa shape index (κ2) is 7.49. The van der Waals surface area contributed by atoms with E-state index >= 15 is 0 Å². The number of amides is 1. The summed E-state index contributed by atoms with van der Waals surface area (Å²) in [6.07, 6.45) is 2.58. The van der Waals surface area contributed by atoms with Crippen molar-refractivity contribution in [1.29, 1.82) is 0 Å². The van der Waals surface area contributed by atoms with E-state index in [2.05, 4.69) is 40.1 Å². The van der Waals surface area contributed by atoms with E-state index in [-0.39, 0.29) is 12.3 Å². The normalized spacial score (nSPS) is 10.8. The fourth-order valence-corrected chi connectivity index (χ4v) is 2.50. The number of nitrogens with one attached hydrogen (secondary N) is 1. The van der Waals surface area contributed by atoms with Gasteiger partial charge in [0.1, 0.15) is 11.6 Å². The molecule has 0 bridgehead atoms. The third-order valence-corrected chi connectivity index (χ3v) is 3.60. The summed E-state index contributed by atoms with van der Waals surface area (Å²) in [6.45, 7) is 4.27. The number of hydrogen-bond acceptors (Lipinski definition) is 2. The van der Waals surface area contributed by atoms with Gasteiger partial charge in [-0.15, -0.1) is 0 Å². The predicted molar refractivity (Wildman–Crippen MR) is 89.2 cm³/mol. The van der Waals surface area contributed by atoms with Gasteiger partial charge in [-0.1, -0.05) is 35.8 Å². The Hall–Kier alpha value is -1.75. The molecule has 0 aliphatic heterocycles. The molecule has 0 unspecified atom stereocenters. The average molecular weight is 365 g/mol. The molecule has 1 amide bonds. The van der Waals surface area contributed by atoms with E-state index in [9.17, 15) is 9.18 Å². The van der Waals surface area contributed by atoms with Crippen molar-refractivity contribution in [1.82, 2.24) is 4.98 Å². The van der Waals surface area contributed by atoms with Crippen LogP contribution in [0.4, 0.5) is 10.2 Å². The molecule has 0 saturated carbocycles. The van der Waals surface area contributed by atoms with Crippen molar-refractivity contribution in [2.45, 2.75) is 26.7 Å². The molecule has 1 heterocycles. The summed E-state index contributed by atoms with van der Waals surface area (Å²) in [7, 11) is 0. The van der Waals surface area contributed by atoms with Crippen molar-refractivity contribution in [3.05, 3.63) is 57.9 Å². The Balaban J connectivity index is 2.02. The first kappa shape index (κ1) is 16.6. The Labute approximate surface area is 138 Å². The van der Waals surface area contributed by atoms with Gasteiger partial charge in [0, 0.05) is 10.7 Å². The summed E-state index contributed by atoms with van der Waals surface area (Å²) < 4.78 is 14.4. The molecule has 0 radical (unpaired) electrons. The maximum Gasteiger partial charge on any atom is 0.230 e. The number of halogens is 2. The molecule has 2 rings (SSSR count). The van der Waals surface area contributed by atoms with Crippen LogP contribution in [0.15, 0.2) is 41.0 Å². The molecule has 0 aliphatic carbocycles. The lowest BCUT2D eigenvalue weighted by Gasteiger charge is -2.09. The van der Waals surface area contributed by atoms with Crippen LogP contribution in [0, 0.1) is 11.7 Å². The Morgan fingerprint density at radius 2 is 2.09 bits per heavy atom.